The SMILES string of the molecule is Cc1csc(CNc2cccc(Br)n2)c1. The Hall–Kier alpha value is -0.870. The van der Waals surface area contributed by atoms with E-state index in [4.69, 9.17) is 0 Å². The molecule has 0 amide bonds. The van der Waals surface area contributed by atoms with Gasteiger partial charge in [-0.3, -0.25) is 0 Å². The minimum absolute atomic E-state index is 0.835. The van der Waals surface area contributed by atoms with Gasteiger partial charge in [0.1, 0.15) is 10.4 Å². The van der Waals surface area contributed by atoms with Gasteiger partial charge in [-0.05, 0) is 52.0 Å². The Morgan fingerprint density at radius 2 is 2.33 bits per heavy atom. The minimum Gasteiger partial charge on any atom is -0.365 e. The molecule has 2 nitrogen and oxygen atoms in total. The lowest BCUT2D eigenvalue weighted by Gasteiger charge is -2.03. The van der Waals surface area contributed by atoms with Crippen molar-refractivity contribution in [2.75, 3.05) is 5.32 Å². The van der Waals surface area contributed by atoms with Crippen LogP contribution in [0.3, 0.4) is 0 Å². The number of nitrogens with one attached hydrogen (secondary N) is 1. The molecule has 2 aromatic heterocycles. The van der Waals surface area contributed by atoms with E-state index < -0.39 is 0 Å². The van der Waals surface area contributed by atoms with Crippen LogP contribution in [0.25, 0.3) is 0 Å². The Balaban J connectivity index is 1.99. The molecule has 2 heterocycles. The van der Waals surface area contributed by atoms with Crippen LogP contribution in [0.5, 0.6) is 0 Å². The van der Waals surface area contributed by atoms with Crippen LogP contribution in [0.2, 0.25) is 0 Å². The minimum atomic E-state index is 0.835. The molecule has 0 unspecified atom stereocenters. The molecule has 0 aliphatic rings. The highest BCUT2D eigenvalue weighted by Gasteiger charge is 1.98. The van der Waals surface area contributed by atoms with Gasteiger partial charge in [0.2, 0.25) is 0 Å². The van der Waals surface area contributed by atoms with Crippen molar-refractivity contribution in [2.45, 2.75) is 13.5 Å². The van der Waals surface area contributed by atoms with E-state index in [0.29, 0.717) is 0 Å². The van der Waals surface area contributed by atoms with Gasteiger partial charge in [-0.25, -0.2) is 4.98 Å². The van der Waals surface area contributed by atoms with Crippen LogP contribution in [0.4, 0.5) is 5.82 Å². The second kappa shape index (κ2) is 4.77. The molecule has 2 aromatic rings. The number of nitrogens with zero attached hydrogens (tertiary/aromatic N) is 1. The quantitative estimate of drug-likeness (QED) is 0.866. The van der Waals surface area contributed by atoms with Gasteiger partial charge in [-0.2, -0.15) is 0 Å². The first-order chi connectivity index (χ1) is 7.24. The Bertz CT molecular complexity index is 453. The first kappa shape index (κ1) is 10.6. The Morgan fingerprint density at radius 3 is 3.00 bits per heavy atom. The fraction of sp³-hybridized carbons (Fsp3) is 0.182. The van der Waals surface area contributed by atoms with E-state index in [1.54, 1.807) is 11.3 Å². The van der Waals surface area contributed by atoms with Gasteiger partial charge >= 0.3 is 0 Å². The maximum absolute atomic E-state index is 4.31. The summed E-state index contributed by atoms with van der Waals surface area (Å²) in [5.41, 5.74) is 1.32. The molecule has 0 saturated carbocycles. The number of halogens is 1. The average Bonchev–Trinajstić information content (AvgIpc) is 2.62. The number of aryl methyl sites for hydroxylation is 1. The molecule has 15 heavy (non-hydrogen) atoms. The number of aromatic nitrogens is 1. The van der Waals surface area contributed by atoms with E-state index >= 15 is 0 Å². The number of anilines is 1. The molecule has 0 aliphatic carbocycles. The summed E-state index contributed by atoms with van der Waals surface area (Å²) in [7, 11) is 0. The van der Waals surface area contributed by atoms with Crippen LogP contribution < -0.4 is 5.32 Å². The van der Waals surface area contributed by atoms with Crippen LogP contribution in [-0.4, -0.2) is 4.98 Å². The van der Waals surface area contributed by atoms with E-state index in [1.165, 1.54) is 10.4 Å². The van der Waals surface area contributed by atoms with Crippen molar-refractivity contribution < 1.29 is 0 Å². The topological polar surface area (TPSA) is 24.9 Å². The zero-order chi connectivity index (χ0) is 10.7. The molecule has 0 spiro atoms. The molecule has 78 valence electrons. The second-order valence-electron chi connectivity index (χ2n) is 3.29. The van der Waals surface area contributed by atoms with E-state index in [2.05, 4.69) is 44.6 Å². The third-order valence-corrected chi connectivity index (χ3v) is 3.44. The predicted octanol–water partition coefficient (Wildman–Crippen LogP) is 3.83. The largest absolute Gasteiger partial charge is 0.365 e. The van der Waals surface area contributed by atoms with Crippen molar-refractivity contribution in [3.8, 4) is 0 Å². The Kier molecular flexibility index (Phi) is 3.38. The standard InChI is InChI=1S/C11H11BrN2S/c1-8-5-9(15-7-8)6-13-11-4-2-3-10(12)14-11/h2-5,7H,6H2,1H3,(H,13,14). The molecular weight excluding hydrogens is 272 g/mol. The highest BCUT2D eigenvalue weighted by molar-refractivity contribution is 9.10. The zero-order valence-corrected chi connectivity index (χ0v) is 10.7. The molecule has 0 aromatic carbocycles. The lowest BCUT2D eigenvalue weighted by Crippen LogP contribution is -1.99. The fourth-order valence-electron chi connectivity index (χ4n) is 1.27. The number of pyridine rings is 1. The van der Waals surface area contributed by atoms with Crippen molar-refractivity contribution in [1.29, 1.82) is 0 Å². The van der Waals surface area contributed by atoms with E-state index in [0.717, 1.165) is 17.0 Å². The fourth-order valence-corrected chi connectivity index (χ4v) is 2.43. The van der Waals surface area contributed by atoms with Crippen molar-refractivity contribution in [1.82, 2.24) is 4.98 Å². The zero-order valence-electron chi connectivity index (χ0n) is 8.33. The molecule has 0 atom stereocenters. The van der Waals surface area contributed by atoms with Gasteiger partial charge in [0.15, 0.2) is 0 Å². The van der Waals surface area contributed by atoms with Crippen molar-refractivity contribution in [2.24, 2.45) is 0 Å². The molecule has 2 rings (SSSR count). The van der Waals surface area contributed by atoms with Gasteiger partial charge in [0, 0.05) is 4.88 Å². The summed E-state index contributed by atoms with van der Waals surface area (Å²) in [5.74, 6) is 0.899. The lowest BCUT2D eigenvalue weighted by atomic mass is 10.3. The highest BCUT2D eigenvalue weighted by atomic mass is 79.9. The molecule has 0 saturated heterocycles. The first-order valence-electron chi connectivity index (χ1n) is 4.64. The van der Waals surface area contributed by atoms with Gasteiger partial charge in [0.25, 0.3) is 0 Å². The van der Waals surface area contributed by atoms with Gasteiger partial charge in [-0.1, -0.05) is 6.07 Å². The first-order valence-corrected chi connectivity index (χ1v) is 6.32. The van der Waals surface area contributed by atoms with Crippen LogP contribution >= 0.6 is 27.3 Å². The number of rotatable bonds is 3. The van der Waals surface area contributed by atoms with Gasteiger partial charge in [0.05, 0.1) is 6.54 Å². The highest BCUT2D eigenvalue weighted by Crippen LogP contribution is 2.16. The summed E-state index contributed by atoms with van der Waals surface area (Å²) >= 11 is 5.11. The van der Waals surface area contributed by atoms with Gasteiger partial charge in [-0.15, -0.1) is 11.3 Å². The van der Waals surface area contributed by atoms with Crippen LogP contribution in [0.1, 0.15) is 10.4 Å². The molecule has 0 fully saturated rings. The van der Waals surface area contributed by atoms with E-state index in [9.17, 15) is 0 Å². The molecule has 1 N–H and O–H groups in total. The number of hydrogen-bond acceptors (Lipinski definition) is 3. The summed E-state index contributed by atoms with van der Waals surface area (Å²) in [6.07, 6.45) is 0. The predicted molar refractivity (Wildman–Crippen MR) is 68.3 cm³/mol. The molecule has 0 aliphatic heterocycles. The molecular formula is C11H11BrN2S. The second-order valence-corrected chi connectivity index (χ2v) is 5.10. The summed E-state index contributed by atoms with van der Waals surface area (Å²) in [6, 6.07) is 8.04. The maximum Gasteiger partial charge on any atom is 0.127 e. The summed E-state index contributed by atoms with van der Waals surface area (Å²) in [5, 5.41) is 5.44. The number of thiophene rings is 1. The maximum atomic E-state index is 4.31. The monoisotopic (exact) mass is 282 g/mol. The smallest absolute Gasteiger partial charge is 0.127 e. The Labute approximate surface area is 101 Å². The third-order valence-electron chi connectivity index (χ3n) is 1.94. The van der Waals surface area contributed by atoms with E-state index in [-0.39, 0.29) is 0 Å². The molecule has 4 heteroatoms. The lowest BCUT2D eigenvalue weighted by molar-refractivity contribution is 1.13. The molecule has 0 bridgehead atoms. The summed E-state index contributed by atoms with van der Waals surface area (Å²) in [4.78, 5) is 5.63. The number of hydrogen-bond donors (Lipinski definition) is 1. The van der Waals surface area contributed by atoms with Crippen molar-refractivity contribution in [3.63, 3.8) is 0 Å². The summed E-state index contributed by atoms with van der Waals surface area (Å²) < 4.78 is 0.856. The average molecular weight is 283 g/mol. The van der Waals surface area contributed by atoms with Crippen LogP contribution in [0.15, 0.2) is 34.2 Å². The normalized spacial score (nSPS) is 10.3. The van der Waals surface area contributed by atoms with E-state index in [1.807, 2.05) is 18.2 Å². The third kappa shape index (κ3) is 3.04. The van der Waals surface area contributed by atoms with Crippen LogP contribution in [0, 0.1) is 6.92 Å². The Morgan fingerprint density at radius 1 is 1.47 bits per heavy atom. The van der Waals surface area contributed by atoms with Crippen molar-refractivity contribution >= 4 is 33.1 Å². The molecule has 0 radical (unpaired) electrons. The van der Waals surface area contributed by atoms with Crippen LogP contribution in [-0.2, 0) is 6.54 Å². The van der Waals surface area contributed by atoms with Crippen molar-refractivity contribution in [3.05, 3.63) is 44.7 Å². The van der Waals surface area contributed by atoms with Gasteiger partial charge < -0.3 is 5.32 Å². The summed E-state index contributed by atoms with van der Waals surface area (Å²) in [6.45, 7) is 2.94.